The molecule has 2 aromatic carbocycles. The average Bonchev–Trinajstić information content (AvgIpc) is 2.77. The van der Waals surface area contributed by atoms with Crippen molar-refractivity contribution < 1.29 is 13.2 Å². The van der Waals surface area contributed by atoms with E-state index in [4.69, 9.17) is 10.5 Å². The van der Waals surface area contributed by atoms with Crippen LogP contribution in [0.25, 0.3) is 5.57 Å². The molecule has 1 aliphatic rings. The Bertz CT molecular complexity index is 796. The van der Waals surface area contributed by atoms with Crippen molar-refractivity contribution in [3.05, 3.63) is 65.1 Å². The van der Waals surface area contributed by atoms with E-state index in [0.29, 0.717) is 27.3 Å². The first kappa shape index (κ1) is 13.9. The maximum absolute atomic E-state index is 12.3. The Labute approximate surface area is 123 Å². The van der Waals surface area contributed by atoms with E-state index in [1.807, 2.05) is 36.4 Å². The van der Waals surface area contributed by atoms with Gasteiger partial charge in [-0.05, 0) is 17.7 Å². The lowest BCUT2D eigenvalue weighted by Gasteiger charge is -2.09. The summed E-state index contributed by atoms with van der Waals surface area (Å²) in [6.07, 6.45) is 0. The number of rotatable bonds is 4. The van der Waals surface area contributed by atoms with E-state index in [9.17, 15) is 8.42 Å². The maximum Gasteiger partial charge on any atom is 0.201 e. The number of para-hydroxylation sites is 1. The molecule has 0 unspecified atom stereocenters. The molecule has 0 bridgehead atoms. The van der Waals surface area contributed by atoms with Crippen molar-refractivity contribution in [2.24, 2.45) is 5.73 Å². The van der Waals surface area contributed by atoms with Crippen LogP contribution < -0.4 is 10.5 Å². The molecule has 0 saturated carbocycles. The van der Waals surface area contributed by atoms with Crippen molar-refractivity contribution in [1.82, 2.24) is 0 Å². The molecule has 4 nitrogen and oxygen atoms in total. The summed E-state index contributed by atoms with van der Waals surface area (Å²) in [6.45, 7) is 0.410. The van der Waals surface area contributed by atoms with Gasteiger partial charge < -0.3 is 10.5 Å². The summed E-state index contributed by atoms with van der Waals surface area (Å²) >= 11 is 0. The summed E-state index contributed by atoms with van der Waals surface area (Å²) in [5.41, 5.74) is 7.62. The molecule has 0 fully saturated rings. The fourth-order valence-electron chi connectivity index (χ4n) is 2.43. The lowest BCUT2D eigenvalue weighted by molar-refractivity contribution is 0.370. The smallest absolute Gasteiger partial charge is 0.201 e. The van der Waals surface area contributed by atoms with Gasteiger partial charge in [0.05, 0.1) is 4.90 Å². The first-order chi connectivity index (χ1) is 10.1. The van der Waals surface area contributed by atoms with Crippen molar-refractivity contribution in [2.45, 2.75) is 11.4 Å². The van der Waals surface area contributed by atoms with Crippen molar-refractivity contribution in [2.75, 3.05) is 6.61 Å². The van der Waals surface area contributed by atoms with Gasteiger partial charge in [0.2, 0.25) is 9.84 Å². The van der Waals surface area contributed by atoms with E-state index in [0.717, 1.165) is 0 Å². The highest BCUT2D eigenvalue weighted by atomic mass is 32.2. The number of fused-ring (bicyclic) bond motifs is 1. The Morgan fingerprint density at radius 3 is 2.48 bits per heavy atom. The van der Waals surface area contributed by atoms with Gasteiger partial charge in [-0.2, -0.15) is 0 Å². The van der Waals surface area contributed by atoms with Crippen LogP contribution in [0.15, 0.2) is 58.8 Å². The molecule has 3 rings (SSSR count). The highest BCUT2D eigenvalue weighted by molar-refractivity contribution is 7.95. The third-order valence-corrected chi connectivity index (χ3v) is 5.03. The number of nitrogens with two attached hydrogens (primary N) is 1. The van der Waals surface area contributed by atoms with Gasteiger partial charge in [0.25, 0.3) is 0 Å². The number of benzene rings is 2. The van der Waals surface area contributed by atoms with Gasteiger partial charge in [-0.1, -0.05) is 36.4 Å². The van der Waals surface area contributed by atoms with E-state index < -0.39 is 9.84 Å². The topological polar surface area (TPSA) is 69.4 Å². The molecule has 0 aromatic heterocycles. The molecule has 108 valence electrons. The van der Waals surface area contributed by atoms with E-state index in [1.54, 1.807) is 12.1 Å². The zero-order valence-electron chi connectivity index (χ0n) is 11.3. The van der Waals surface area contributed by atoms with Gasteiger partial charge >= 0.3 is 0 Å². The Morgan fingerprint density at radius 1 is 1.00 bits per heavy atom. The number of hydrogen-bond donors (Lipinski definition) is 1. The molecule has 0 radical (unpaired) electrons. The standard InChI is InChI=1S/C16H15NO3S/c17-9-12-5-4-8-15-13(11-21(18,19)16(12)15)10-20-14-6-2-1-3-7-14/h1-8,11H,9-10,17H2. The third kappa shape index (κ3) is 2.57. The highest BCUT2D eigenvalue weighted by Gasteiger charge is 2.29. The van der Waals surface area contributed by atoms with E-state index in [2.05, 4.69) is 0 Å². The number of hydrogen-bond acceptors (Lipinski definition) is 4. The zero-order valence-corrected chi connectivity index (χ0v) is 12.1. The SMILES string of the molecule is NCc1cccc2c1S(=O)(=O)C=C2COc1ccccc1. The van der Waals surface area contributed by atoms with Gasteiger partial charge in [-0.3, -0.25) is 0 Å². The lowest BCUT2D eigenvalue weighted by atomic mass is 10.1. The van der Waals surface area contributed by atoms with Crippen LogP contribution in [-0.2, 0) is 16.4 Å². The van der Waals surface area contributed by atoms with Crippen molar-refractivity contribution in [3.8, 4) is 5.75 Å². The van der Waals surface area contributed by atoms with Crippen LogP contribution in [0.4, 0.5) is 0 Å². The lowest BCUT2D eigenvalue weighted by Crippen LogP contribution is -2.05. The molecule has 0 atom stereocenters. The number of ether oxygens (including phenoxy) is 1. The Morgan fingerprint density at radius 2 is 1.76 bits per heavy atom. The predicted molar refractivity (Wildman–Crippen MR) is 81.4 cm³/mol. The van der Waals surface area contributed by atoms with Crippen molar-refractivity contribution >= 4 is 15.4 Å². The largest absolute Gasteiger partial charge is 0.489 e. The second-order valence-electron chi connectivity index (χ2n) is 4.79. The Kier molecular flexibility index (Phi) is 3.53. The summed E-state index contributed by atoms with van der Waals surface area (Å²) in [6, 6.07) is 14.7. The van der Waals surface area contributed by atoms with Gasteiger partial charge in [-0.25, -0.2) is 8.42 Å². The first-order valence-electron chi connectivity index (χ1n) is 6.57. The highest BCUT2D eigenvalue weighted by Crippen LogP contribution is 2.35. The van der Waals surface area contributed by atoms with E-state index >= 15 is 0 Å². The number of sulfone groups is 1. The second kappa shape index (κ2) is 5.35. The van der Waals surface area contributed by atoms with Gasteiger partial charge in [0.15, 0.2) is 0 Å². The molecular formula is C16H15NO3S. The van der Waals surface area contributed by atoms with Crippen molar-refractivity contribution in [1.29, 1.82) is 0 Å². The molecule has 0 saturated heterocycles. The van der Waals surface area contributed by atoms with Crippen LogP contribution in [0.5, 0.6) is 5.75 Å². The minimum atomic E-state index is -3.42. The normalized spacial score (nSPS) is 15.4. The van der Waals surface area contributed by atoms with Gasteiger partial charge in [0.1, 0.15) is 12.4 Å². The van der Waals surface area contributed by atoms with Crippen LogP contribution in [0.2, 0.25) is 0 Å². The summed E-state index contributed by atoms with van der Waals surface area (Å²) in [5.74, 6) is 0.708. The predicted octanol–water partition coefficient (Wildman–Crippen LogP) is 2.35. The maximum atomic E-state index is 12.3. The summed E-state index contributed by atoms with van der Waals surface area (Å²) in [4.78, 5) is 0.319. The van der Waals surface area contributed by atoms with Crippen LogP contribution in [-0.4, -0.2) is 15.0 Å². The molecule has 21 heavy (non-hydrogen) atoms. The molecule has 0 spiro atoms. The fourth-order valence-corrected chi connectivity index (χ4v) is 4.14. The molecule has 2 aromatic rings. The molecule has 1 aliphatic heterocycles. The average molecular weight is 301 g/mol. The third-order valence-electron chi connectivity index (χ3n) is 3.38. The quantitative estimate of drug-likeness (QED) is 0.941. The minimum absolute atomic E-state index is 0.197. The fraction of sp³-hybridized carbons (Fsp3) is 0.125. The zero-order chi connectivity index (χ0) is 14.9. The molecule has 0 aliphatic carbocycles. The molecule has 0 amide bonds. The summed E-state index contributed by atoms with van der Waals surface area (Å²) in [5, 5.41) is 1.28. The molecular weight excluding hydrogens is 286 g/mol. The van der Waals surface area contributed by atoms with Gasteiger partial charge in [-0.15, -0.1) is 0 Å². The van der Waals surface area contributed by atoms with Crippen molar-refractivity contribution in [3.63, 3.8) is 0 Å². The molecule has 5 heteroatoms. The van der Waals surface area contributed by atoms with Gasteiger partial charge in [0, 0.05) is 23.1 Å². The van der Waals surface area contributed by atoms with Crippen LogP contribution >= 0.6 is 0 Å². The van der Waals surface area contributed by atoms with E-state index in [-0.39, 0.29) is 13.2 Å². The molecule has 2 N–H and O–H groups in total. The first-order valence-corrected chi connectivity index (χ1v) is 8.12. The summed E-state index contributed by atoms with van der Waals surface area (Å²) < 4.78 is 30.2. The second-order valence-corrected chi connectivity index (χ2v) is 6.52. The van der Waals surface area contributed by atoms with Crippen LogP contribution in [0, 0.1) is 0 Å². The monoisotopic (exact) mass is 301 g/mol. The molecule has 1 heterocycles. The van der Waals surface area contributed by atoms with Crippen LogP contribution in [0.3, 0.4) is 0 Å². The summed E-state index contributed by atoms with van der Waals surface area (Å²) in [7, 11) is -3.42. The van der Waals surface area contributed by atoms with E-state index in [1.165, 1.54) is 5.41 Å². The Balaban J connectivity index is 1.93. The minimum Gasteiger partial charge on any atom is -0.489 e. The van der Waals surface area contributed by atoms with Crippen LogP contribution in [0.1, 0.15) is 11.1 Å². The Hall–Kier alpha value is -2.11.